The topological polar surface area (TPSA) is 41.6 Å². The van der Waals surface area contributed by atoms with Gasteiger partial charge in [0.15, 0.2) is 0 Å². The molecule has 1 saturated heterocycles. The average molecular weight is 256 g/mol. The van der Waals surface area contributed by atoms with Crippen LogP contribution in [0.25, 0.3) is 0 Å². The molecule has 0 aliphatic carbocycles. The standard InChI is InChI=1S/C14H28N2O2/c1-4-18-14(17)12(2)10-15-13(3)11-16-8-6-5-7-9-16/h12-13,15H,4-11H2,1-3H3. The molecule has 0 aromatic rings. The summed E-state index contributed by atoms with van der Waals surface area (Å²) in [5.41, 5.74) is 0. The predicted octanol–water partition coefficient (Wildman–Crippen LogP) is 1.65. The molecule has 0 aromatic heterocycles. The Morgan fingerprint density at radius 1 is 1.28 bits per heavy atom. The second-order valence-corrected chi connectivity index (χ2v) is 5.32. The van der Waals surface area contributed by atoms with Gasteiger partial charge in [0.05, 0.1) is 12.5 Å². The van der Waals surface area contributed by atoms with E-state index in [1.54, 1.807) is 0 Å². The van der Waals surface area contributed by atoms with Gasteiger partial charge in [-0.25, -0.2) is 0 Å². The van der Waals surface area contributed by atoms with Crippen molar-refractivity contribution in [1.29, 1.82) is 0 Å². The maximum absolute atomic E-state index is 11.5. The van der Waals surface area contributed by atoms with Gasteiger partial charge in [-0.1, -0.05) is 13.3 Å². The van der Waals surface area contributed by atoms with Crippen LogP contribution in [0.1, 0.15) is 40.0 Å². The minimum Gasteiger partial charge on any atom is -0.466 e. The molecule has 2 atom stereocenters. The Morgan fingerprint density at radius 2 is 1.94 bits per heavy atom. The maximum atomic E-state index is 11.5. The van der Waals surface area contributed by atoms with E-state index in [-0.39, 0.29) is 11.9 Å². The Bertz CT molecular complexity index is 240. The van der Waals surface area contributed by atoms with E-state index in [2.05, 4.69) is 17.1 Å². The highest BCUT2D eigenvalue weighted by atomic mass is 16.5. The minimum absolute atomic E-state index is 0.0613. The van der Waals surface area contributed by atoms with E-state index >= 15 is 0 Å². The molecule has 1 N–H and O–H groups in total. The van der Waals surface area contributed by atoms with Crippen molar-refractivity contribution in [2.75, 3.05) is 32.8 Å². The van der Waals surface area contributed by atoms with E-state index in [0.717, 1.165) is 6.54 Å². The van der Waals surface area contributed by atoms with Crippen LogP contribution in [0.3, 0.4) is 0 Å². The smallest absolute Gasteiger partial charge is 0.309 e. The largest absolute Gasteiger partial charge is 0.466 e. The van der Waals surface area contributed by atoms with Crippen LogP contribution >= 0.6 is 0 Å². The molecule has 1 heterocycles. The fourth-order valence-electron chi connectivity index (χ4n) is 2.34. The summed E-state index contributed by atoms with van der Waals surface area (Å²) in [7, 11) is 0. The van der Waals surface area contributed by atoms with Gasteiger partial charge < -0.3 is 15.0 Å². The number of hydrogen-bond donors (Lipinski definition) is 1. The number of hydrogen-bond acceptors (Lipinski definition) is 4. The summed E-state index contributed by atoms with van der Waals surface area (Å²) < 4.78 is 5.00. The van der Waals surface area contributed by atoms with Crippen LogP contribution in [-0.2, 0) is 9.53 Å². The van der Waals surface area contributed by atoms with Crippen LogP contribution in [0.4, 0.5) is 0 Å². The van der Waals surface area contributed by atoms with Crippen molar-refractivity contribution in [2.45, 2.75) is 46.1 Å². The monoisotopic (exact) mass is 256 g/mol. The van der Waals surface area contributed by atoms with E-state index in [1.807, 2.05) is 13.8 Å². The first-order chi connectivity index (χ1) is 8.63. The molecule has 0 bridgehead atoms. The zero-order valence-electron chi connectivity index (χ0n) is 12.1. The molecule has 2 unspecified atom stereocenters. The number of esters is 1. The molecule has 0 saturated carbocycles. The van der Waals surface area contributed by atoms with Crippen molar-refractivity contribution in [3.8, 4) is 0 Å². The molecule has 0 aromatic carbocycles. The summed E-state index contributed by atoms with van der Waals surface area (Å²) in [5.74, 6) is -0.163. The van der Waals surface area contributed by atoms with Crippen molar-refractivity contribution < 1.29 is 9.53 Å². The lowest BCUT2D eigenvalue weighted by Crippen LogP contribution is -2.43. The normalized spacial score (nSPS) is 20.4. The van der Waals surface area contributed by atoms with Gasteiger partial charge in [-0.3, -0.25) is 4.79 Å². The molecular weight excluding hydrogens is 228 g/mol. The quantitative estimate of drug-likeness (QED) is 0.703. The molecule has 0 radical (unpaired) electrons. The third-order valence-electron chi connectivity index (χ3n) is 3.44. The Morgan fingerprint density at radius 3 is 2.56 bits per heavy atom. The Hall–Kier alpha value is -0.610. The van der Waals surface area contributed by atoms with Gasteiger partial charge in [-0.15, -0.1) is 0 Å². The highest BCUT2D eigenvalue weighted by Gasteiger charge is 2.17. The van der Waals surface area contributed by atoms with Crippen LogP contribution in [-0.4, -0.2) is 49.7 Å². The molecule has 106 valence electrons. The lowest BCUT2D eigenvalue weighted by Gasteiger charge is -2.29. The Labute approximate surface area is 111 Å². The highest BCUT2D eigenvalue weighted by molar-refractivity contribution is 5.72. The van der Waals surface area contributed by atoms with Crippen LogP contribution in [0, 0.1) is 5.92 Å². The minimum atomic E-state index is -0.102. The summed E-state index contributed by atoms with van der Waals surface area (Å²) in [4.78, 5) is 14.0. The van der Waals surface area contributed by atoms with Crippen molar-refractivity contribution >= 4 is 5.97 Å². The summed E-state index contributed by atoms with van der Waals surface area (Å²) in [5, 5.41) is 3.43. The van der Waals surface area contributed by atoms with Gasteiger partial charge in [0.2, 0.25) is 0 Å². The number of nitrogens with zero attached hydrogens (tertiary/aromatic N) is 1. The first-order valence-electron chi connectivity index (χ1n) is 7.25. The number of carbonyl (C=O) groups excluding carboxylic acids is 1. The lowest BCUT2D eigenvalue weighted by molar-refractivity contribution is -0.147. The molecule has 18 heavy (non-hydrogen) atoms. The number of piperidine rings is 1. The highest BCUT2D eigenvalue weighted by Crippen LogP contribution is 2.08. The molecule has 0 amide bonds. The zero-order valence-corrected chi connectivity index (χ0v) is 12.1. The van der Waals surface area contributed by atoms with E-state index in [0.29, 0.717) is 19.2 Å². The molecule has 1 fully saturated rings. The average Bonchev–Trinajstić information content (AvgIpc) is 2.37. The first-order valence-corrected chi connectivity index (χ1v) is 7.25. The summed E-state index contributed by atoms with van der Waals surface area (Å²) in [6.07, 6.45) is 4.02. The maximum Gasteiger partial charge on any atom is 0.309 e. The van der Waals surface area contributed by atoms with Crippen molar-refractivity contribution in [1.82, 2.24) is 10.2 Å². The Kier molecular flexibility index (Phi) is 7.28. The SMILES string of the molecule is CCOC(=O)C(C)CNC(C)CN1CCCCC1. The second-order valence-electron chi connectivity index (χ2n) is 5.32. The molecule has 4 heteroatoms. The molecule has 1 aliphatic heterocycles. The summed E-state index contributed by atoms with van der Waals surface area (Å²) in [6, 6.07) is 0.431. The molecule has 1 aliphatic rings. The van der Waals surface area contributed by atoms with Crippen molar-refractivity contribution in [2.24, 2.45) is 5.92 Å². The summed E-state index contributed by atoms with van der Waals surface area (Å²) in [6.45, 7) is 10.6. The van der Waals surface area contributed by atoms with E-state index in [1.165, 1.54) is 32.4 Å². The van der Waals surface area contributed by atoms with Gasteiger partial charge in [0.25, 0.3) is 0 Å². The molecule has 4 nitrogen and oxygen atoms in total. The summed E-state index contributed by atoms with van der Waals surface area (Å²) >= 11 is 0. The first kappa shape index (κ1) is 15.4. The predicted molar refractivity (Wildman–Crippen MR) is 73.6 cm³/mol. The Balaban J connectivity index is 2.15. The second kappa shape index (κ2) is 8.48. The number of likely N-dealkylation sites (tertiary alicyclic amines) is 1. The van der Waals surface area contributed by atoms with Crippen molar-refractivity contribution in [3.05, 3.63) is 0 Å². The van der Waals surface area contributed by atoms with E-state index in [4.69, 9.17) is 4.74 Å². The van der Waals surface area contributed by atoms with Gasteiger partial charge >= 0.3 is 5.97 Å². The molecule has 0 spiro atoms. The van der Waals surface area contributed by atoms with E-state index in [9.17, 15) is 4.79 Å². The zero-order chi connectivity index (χ0) is 13.4. The van der Waals surface area contributed by atoms with Crippen LogP contribution in [0.15, 0.2) is 0 Å². The fourth-order valence-corrected chi connectivity index (χ4v) is 2.34. The van der Waals surface area contributed by atoms with E-state index < -0.39 is 0 Å². The number of ether oxygens (including phenoxy) is 1. The number of nitrogens with one attached hydrogen (secondary N) is 1. The lowest BCUT2D eigenvalue weighted by atomic mass is 10.1. The number of rotatable bonds is 7. The number of carbonyl (C=O) groups is 1. The van der Waals surface area contributed by atoms with Crippen molar-refractivity contribution in [3.63, 3.8) is 0 Å². The third kappa shape index (κ3) is 5.83. The van der Waals surface area contributed by atoms with Gasteiger partial charge in [0.1, 0.15) is 0 Å². The van der Waals surface area contributed by atoms with Crippen LogP contribution < -0.4 is 5.32 Å². The van der Waals surface area contributed by atoms with Crippen LogP contribution in [0.2, 0.25) is 0 Å². The van der Waals surface area contributed by atoms with Gasteiger partial charge in [-0.2, -0.15) is 0 Å². The van der Waals surface area contributed by atoms with Crippen LogP contribution in [0.5, 0.6) is 0 Å². The third-order valence-corrected chi connectivity index (χ3v) is 3.44. The van der Waals surface area contributed by atoms with Gasteiger partial charge in [0, 0.05) is 19.1 Å². The molecular formula is C14H28N2O2. The fraction of sp³-hybridized carbons (Fsp3) is 0.929. The van der Waals surface area contributed by atoms with Gasteiger partial charge in [-0.05, 0) is 39.8 Å². The molecule has 1 rings (SSSR count).